The quantitative estimate of drug-likeness (QED) is 0.814. The van der Waals surface area contributed by atoms with Gasteiger partial charge in [0.2, 0.25) is 5.91 Å². The van der Waals surface area contributed by atoms with Crippen molar-refractivity contribution in [3.63, 3.8) is 0 Å². The standard InChI is InChI=1S/C16H26N4O/c1-5-20(11(2)10-19(3)4)15-9-14-12(8-13(15)17)6-7-16(21)18-14/h8-9,11H,5-7,10,17H2,1-4H3,(H,18,21). The molecule has 1 aromatic rings. The first kappa shape index (κ1) is 15.6. The topological polar surface area (TPSA) is 61.6 Å². The molecule has 0 saturated heterocycles. The number of hydrogen-bond donors (Lipinski definition) is 2. The van der Waals surface area contributed by atoms with Crippen LogP contribution in [0.25, 0.3) is 0 Å². The van der Waals surface area contributed by atoms with Crippen molar-refractivity contribution >= 4 is 23.0 Å². The van der Waals surface area contributed by atoms with E-state index < -0.39 is 0 Å². The van der Waals surface area contributed by atoms with E-state index in [1.54, 1.807) is 0 Å². The van der Waals surface area contributed by atoms with E-state index in [4.69, 9.17) is 5.73 Å². The number of nitrogens with one attached hydrogen (secondary N) is 1. The highest BCUT2D eigenvalue weighted by molar-refractivity contribution is 5.95. The van der Waals surface area contributed by atoms with Crippen molar-refractivity contribution in [1.82, 2.24) is 4.90 Å². The second-order valence-corrected chi connectivity index (χ2v) is 6.01. The molecule has 0 spiro atoms. The molecule has 0 radical (unpaired) electrons. The lowest BCUT2D eigenvalue weighted by Gasteiger charge is -2.34. The Morgan fingerprint density at radius 1 is 1.33 bits per heavy atom. The summed E-state index contributed by atoms with van der Waals surface area (Å²) in [4.78, 5) is 16.0. The summed E-state index contributed by atoms with van der Waals surface area (Å²) in [5.41, 5.74) is 10.1. The van der Waals surface area contributed by atoms with Crippen LogP contribution in [0.5, 0.6) is 0 Å². The SMILES string of the molecule is CCN(c1cc2c(cc1N)CCC(=O)N2)C(C)CN(C)C. The molecule has 5 heteroatoms. The number of nitrogen functional groups attached to an aromatic ring is 1. The fourth-order valence-electron chi connectivity index (χ4n) is 3.03. The molecule has 1 unspecified atom stereocenters. The highest BCUT2D eigenvalue weighted by Gasteiger charge is 2.21. The molecular formula is C16H26N4O. The van der Waals surface area contributed by atoms with Crippen molar-refractivity contribution < 1.29 is 4.79 Å². The predicted molar refractivity (Wildman–Crippen MR) is 88.8 cm³/mol. The van der Waals surface area contributed by atoms with E-state index in [0.29, 0.717) is 12.5 Å². The number of likely N-dealkylation sites (N-methyl/N-ethyl adjacent to an activating group) is 2. The maximum absolute atomic E-state index is 11.6. The summed E-state index contributed by atoms with van der Waals surface area (Å²) in [6.07, 6.45) is 1.31. The molecule has 1 heterocycles. The van der Waals surface area contributed by atoms with Gasteiger partial charge in [0, 0.05) is 31.2 Å². The van der Waals surface area contributed by atoms with E-state index in [1.165, 1.54) is 0 Å². The molecule has 0 saturated carbocycles. The summed E-state index contributed by atoms with van der Waals surface area (Å²) in [6.45, 7) is 6.16. The van der Waals surface area contributed by atoms with Gasteiger partial charge < -0.3 is 20.9 Å². The molecule has 1 aromatic carbocycles. The largest absolute Gasteiger partial charge is 0.397 e. The lowest BCUT2D eigenvalue weighted by Crippen LogP contribution is -2.40. The van der Waals surface area contributed by atoms with Crippen molar-refractivity contribution in [3.8, 4) is 0 Å². The van der Waals surface area contributed by atoms with Gasteiger partial charge in [0.05, 0.1) is 11.4 Å². The minimum absolute atomic E-state index is 0.0857. The van der Waals surface area contributed by atoms with Gasteiger partial charge in [-0.05, 0) is 52.1 Å². The van der Waals surface area contributed by atoms with Crippen molar-refractivity contribution in [1.29, 1.82) is 0 Å². The lowest BCUT2D eigenvalue weighted by atomic mass is 10.0. The number of carbonyl (C=O) groups is 1. The van der Waals surface area contributed by atoms with Crippen molar-refractivity contribution in [2.45, 2.75) is 32.7 Å². The molecule has 0 aromatic heterocycles. The Balaban J connectivity index is 2.33. The van der Waals surface area contributed by atoms with Crippen LogP contribution in [0.2, 0.25) is 0 Å². The zero-order valence-corrected chi connectivity index (χ0v) is 13.4. The first-order chi connectivity index (χ1) is 9.92. The van der Waals surface area contributed by atoms with Gasteiger partial charge in [0.25, 0.3) is 0 Å². The molecule has 5 nitrogen and oxygen atoms in total. The van der Waals surface area contributed by atoms with Gasteiger partial charge in [0.15, 0.2) is 0 Å². The Hall–Kier alpha value is -1.75. The maximum Gasteiger partial charge on any atom is 0.224 e. The number of hydrogen-bond acceptors (Lipinski definition) is 4. The van der Waals surface area contributed by atoms with Crippen LogP contribution in [0.15, 0.2) is 12.1 Å². The molecule has 0 fully saturated rings. The van der Waals surface area contributed by atoms with Crippen LogP contribution in [-0.2, 0) is 11.2 Å². The molecule has 1 aliphatic heterocycles. The monoisotopic (exact) mass is 290 g/mol. The minimum atomic E-state index is 0.0857. The minimum Gasteiger partial charge on any atom is -0.397 e. The van der Waals surface area contributed by atoms with E-state index in [2.05, 4.69) is 43.1 Å². The second kappa shape index (κ2) is 6.35. The second-order valence-electron chi connectivity index (χ2n) is 6.01. The Morgan fingerprint density at radius 3 is 2.67 bits per heavy atom. The van der Waals surface area contributed by atoms with Gasteiger partial charge in [-0.1, -0.05) is 0 Å². The van der Waals surface area contributed by atoms with Gasteiger partial charge in [0.1, 0.15) is 0 Å². The third-order valence-corrected chi connectivity index (χ3v) is 3.96. The smallest absolute Gasteiger partial charge is 0.224 e. The summed E-state index contributed by atoms with van der Waals surface area (Å²) in [5.74, 6) is 0.0857. The highest BCUT2D eigenvalue weighted by atomic mass is 16.1. The number of benzene rings is 1. The fraction of sp³-hybridized carbons (Fsp3) is 0.562. The Morgan fingerprint density at radius 2 is 2.05 bits per heavy atom. The maximum atomic E-state index is 11.6. The molecule has 3 N–H and O–H groups in total. The first-order valence-electron chi connectivity index (χ1n) is 7.56. The number of nitrogens with two attached hydrogens (primary N) is 1. The average Bonchev–Trinajstić information content (AvgIpc) is 2.39. The summed E-state index contributed by atoms with van der Waals surface area (Å²) in [7, 11) is 4.14. The van der Waals surface area contributed by atoms with E-state index in [1.807, 2.05) is 12.1 Å². The molecule has 1 amide bonds. The number of aryl methyl sites for hydroxylation is 1. The van der Waals surface area contributed by atoms with Gasteiger partial charge in [-0.15, -0.1) is 0 Å². The average molecular weight is 290 g/mol. The zero-order valence-electron chi connectivity index (χ0n) is 13.4. The number of anilines is 3. The van der Waals surface area contributed by atoms with E-state index in [9.17, 15) is 4.79 Å². The molecule has 1 aliphatic rings. The number of fused-ring (bicyclic) bond motifs is 1. The van der Waals surface area contributed by atoms with Crippen LogP contribution in [0.4, 0.5) is 17.1 Å². The van der Waals surface area contributed by atoms with E-state index >= 15 is 0 Å². The molecule has 21 heavy (non-hydrogen) atoms. The number of rotatable bonds is 5. The van der Waals surface area contributed by atoms with Crippen LogP contribution in [0.1, 0.15) is 25.8 Å². The van der Waals surface area contributed by atoms with Gasteiger partial charge in [-0.2, -0.15) is 0 Å². The zero-order chi connectivity index (χ0) is 15.6. The summed E-state index contributed by atoms with van der Waals surface area (Å²) in [6, 6.07) is 4.39. The Labute approximate surface area is 127 Å². The summed E-state index contributed by atoms with van der Waals surface area (Å²) >= 11 is 0. The molecule has 2 rings (SSSR count). The number of amides is 1. The molecule has 0 aliphatic carbocycles. The normalized spacial score (nSPS) is 15.6. The van der Waals surface area contributed by atoms with Crippen molar-refractivity contribution in [3.05, 3.63) is 17.7 Å². The molecule has 116 valence electrons. The third kappa shape index (κ3) is 3.47. The third-order valence-electron chi connectivity index (χ3n) is 3.96. The fourth-order valence-corrected chi connectivity index (χ4v) is 3.03. The van der Waals surface area contributed by atoms with Crippen LogP contribution < -0.4 is 16.0 Å². The van der Waals surface area contributed by atoms with E-state index in [0.717, 1.165) is 42.1 Å². The Bertz CT molecular complexity index is 527. The number of carbonyl (C=O) groups excluding carboxylic acids is 1. The van der Waals surface area contributed by atoms with Crippen LogP contribution in [0, 0.1) is 0 Å². The Kier molecular flexibility index (Phi) is 4.73. The van der Waals surface area contributed by atoms with Crippen molar-refractivity contribution in [2.75, 3.05) is 43.1 Å². The summed E-state index contributed by atoms with van der Waals surface area (Å²) < 4.78 is 0. The highest BCUT2D eigenvalue weighted by Crippen LogP contribution is 2.34. The van der Waals surface area contributed by atoms with Gasteiger partial charge in [-0.3, -0.25) is 4.79 Å². The molecule has 1 atom stereocenters. The van der Waals surface area contributed by atoms with Crippen LogP contribution >= 0.6 is 0 Å². The molecule has 0 bridgehead atoms. The van der Waals surface area contributed by atoms with Gasteiger partial charge >= 0.3 is 0 Å². The lowest BCUT2D eigenvalue weighted by molar-refractivity contribution is -0.116. The first-order valence-corrected chi connectivity index (χ1v) is 7.56. The van der Waals surface area contributed by atoms with Crippen LogP contribution in [0.3, 0.4) is 0 Å². The van der Waals surface area contributed by atoms with Crippen molar-refractivity contribution in [2.24, 2.45) is 0 Å². The predicted octanol–water partition coefficient (Wildman–Crippen LogP) is 1.93. The van der Waals surface area contributed by atoms with Crippen LogP contribution in [-0.4, -0.2) is 44.0 Å². The molecular weight excluding hydrogens is 264 g/mol. The van der Waals surface area contributed by atoms with Gasteiger partial charge in [-0.25, -0.2) is 0 Å². The number of nitrogens with zero attached hydrogens (tertiary/aromatic N) is 2. The summed E-state index contributed by atoms with van der Waals surface area (Å²) in [5, 5.41) is 2.95. The van der Waals surface area contributed by atoms with E-state index in [-0.39, 0.29) is 5.91 Å².